The fourth-order valence-corrected chi connectivity index (χ4v) is 8.56. The second-order valence-electron chi connectivity index (χ2n) is 16.0. The number of ether oxygens (including phenoxy) is 2. The molecule has 0 aromatic heterocycles. The van der Waals surface area contributed by atoms with Crippen molar-refractivity contribution in [1.29, 1.82) is 0 Å². The van der Waals surface area contributed by atoms with E-state index in [1.165, 1.54) is 6.92 Å². The normalized spacial score (nSPS) is 21.8. The number of rotatable bonds is 15. The number of amides is 3. The van der Waals surface area contributed by atoms with Gasteiger partial charge >= 0.3 is 0 Å². The maximum Gasteiger partial charge on any atom is 0.247 e. The molecule has 3 saturated heterocycles. The lowest BCUT2D eigenvalue weighted by molar-refractivity contribution is -0.276. The molecule has 11 heteroatoms. The highest BCUT2D eigenvalue weighted by molar-refractivity contribution is 5.93. The van der Waals surface area contributed by atoms with Crippen LogP contribution in [0.4, 0.5) is 5.69 Å². The van der Waals surface area contributed by atoms with Crippen LogP contribution in [0.3, 0.4) is 0 Å². The van der Waals surface area contributed by atoms with Crippen molar-refractivity contribution < 1.29 is 29.0 Å². The van der Waals surface area contributed by atoms with Crippen LogP contribution in [-0.4, -0.2) is 72.2 Å². The van der Waals surface area contributed by atoms with E-state index in [9.17, 15) is 19.5 Å². The quantitative estimate of drug-likeness (QED) is 0.102. The Kier molecular flexibility index (Phi) is 13.6. The Morgan fingerprint density at radius 3 is 2.29 bits per heavy atom. The van der Waals surface area contributed by atoms with Crippen molar-refractivity contribution in [2.24, 2.45) is 5.92 Å². The Labute approximate surface area is 342 Å². The van der Waals surface area contributed by atoms with E-state index in [0.29, 0.717) is 26.2 Å². The second-order valence-corrected chi connectivity index (χ2v) is 16.0. The minimum absolute atomic E-state index is 0.0151. The number of para-hydroxylation sites is 1. The average molecular weight is 788 g/mol. The molecule has 3 fully saturated rings. The van der Waals surface area contributed by atoms with Crippen molar-refractivity contribution >= 4 is 23.4 Å². The SMILES string of the molecule is CC(=O)NCCCCCC(=O)NCc1cccc(-c2ccc(C3OC(CN4CCC5(CC4)C(=O)NCN5c4ccccc4)C(C)C(c4ccc(CO)cc4)O3)cc2)c1. The van der Waals surface area contributed by atoms with Gasteiger partial charge in [-0.1, -0.05) is 98.3 Å². The highest BCUT2D eigenvalue weighted by atomic mass is 16.7. The number of nitrogens with one attached hydrogen (secondary N) is 3. The molecule has 0 bridgehead atoms. The monoisotopic (exact) mass is 787 g/mol. The van der Waals surface area contributed by atoms with Gasteiger partial charge < -0.3 is 40.3 Å². The molecule has 4 aromatic carbocycles. The zero-order valence-corrected chi connectivity index (χ0v) is 33.7. The zero-order valence-electron chi connectivity index (χ0n) is 33.7. The molecular weight excluding hydrogens is 731 g/mol. The number of carbonyl (C=O) groups excluding carboxylic acids is 3. The summed E-state index contributed by atoms with van der Waals surface area (Å²) in [7, 11) is 0. The molecular formula is C47H57N5O6. The van der Waals surface area contributed by atoms with Crippen LogP contribution < -0.4 is 20.9 Å². The first-order valence-corrected chi connectivity index (χ1v) is 20.8. The summed E-state index contributed by atoms with van der Waals surface area (Å²) in [5.74, 6) is 0.149. The summed E-state index contributed by atoms with van der Waals surface area (Å²) in [4.78, 5) is 41.5. The molecule has 11 nitrogen and oxygen atoms in total. The van der Waals surface area contributed by atoms with Crippen LogP contribution in [0.25, 0.3) is 11.1 Å². The van der Waals surface area contributed by atoms with Crippen molar-refractivity contribution in [3.63, 3.8) is 0 Å². The molecule has 4 unspecified atom stereocenters. The molecule has 4 N–H and O–H groups in total. The van der Waals surface area contributed by atoms with Gasteiger partial charge in [0.2, 0.25) is 17.7 Å². The first-order valence-electron chi connectivity index (χ1n) is 20.8. The molecule has 4 aromatic rings. The van der Waals surface area contributed by atoms with Crippen LogP contribution in [-0.2, 0) is 37.0 Å². The van der Waals surface area contributed by atoms with Gasteiger partial charge in [0.05, 0.1) is 25.5 Å². The van der Waals surface area contributed by atoms with Crippen molar-refractivity contribution in [2.75, 3.05) is 37.7 Å². The Hall–Kier alpha value is -5.07. The molecule has 0 aliphatic carbocycles. The van der Waals surface area contributed by atoms with Crippen LogP contribution >= 0.6 is 0 Å². The van der Waals surface area contributed by atoms with E-state index in [1.54, 1.807) is 0 Å². The van der Waals surface area contributed by atoms with E-state index < -0.39 is 11.8 Å². The summed E-state index contributed by atoms with van der Waals surface area (Å²) >= 11 is 0. The smallest absolute Gasteiger partial charge is 0.247 e. The standard InChI is InChI=1S/C47H57N5O6/c1-33-42(30-51-26-23-47(24-27-51)46(56)50-32-52(47)41-12-5-3-6-13-41)57-45(58-44(33)38-17-15-35(31-53)16-18-38)39-21-19-37(20-22-39)40-11-9-10-36(28-40)29-49-43(55)14-7-4-8-25-48-34(2)54/h3,5-6,9-13,15-22,28,33,42,44-45,53H,4,7-8,14,23-27,29-32H2,1-2H3,(H,48,54)(H,49,55)(H,50,56). The van der Waals surface area contributed by atoms with Crippen LogP contribution in [0.15, 0.2) is 103 Å². The number of unbranched alkanes of at least 4 members (excludes halogenated alkanes) is 2. The maximum absolute atomic E-state index is 13.3. The van der Waals surface area contributed by atoms with Crippen LogP contribution in [0.1, 0.15) is 87.0 Å². The largest absolute Gasteiger partial charge is 0.392 e. The summed E-state index contributed by atoms with van der Waals surface area (Å²) in [6.07, 6.45) is 3.53. The number of anilines is 1. The van der Waals surface area contributed by atoms with Gasteiger partial charge in [0.25, 0.3) is 0 Å². The number of nitrogens with zero attached hydrogens (tertiary/aromatic N) is 2. The number of hydrogen-bond donors (Lipinski definition) is 4. The lowest BCUT2D eigenvalue weighted by Crippen LogP contribution is -2.57. The van der Waals surface area contributed by atoms with E-state index in [0.717, 1.165) is 90.8 Å². The fraction of sp³-hybridized carbons (Fsp3) is 0.426. The second kappa shape index (κ2) is 19.1. The molecule has 4 atom stereocenters. The van der Waals surface area contributed by atoms with E-state index in [4.69, 9.17) is 9.47 Å². The van der Waals surface area contributed by atoms with E-state index >= 15 is 0 Å². The van der Waals surface area contributed by atoms with Crippen LogP contribution in [0.2, 0.25) is 0 Å². The Balaban J connectivity index is 1.00. The van der Waals surface area contributed by atoms with Gasteiger partial charge in [-0.2, -0.15) is 0 Å². The third kappa shape index (κ3) is 9.78. The molecule has 306 valence electrons. The average Bonchev–Trinajstić information content (AvgIpc) is 3.57. The minimum Gasteiger partial charge on any atom is -0.392 e. The van der Waals surface area contributed by atoms with Gasteiger partial charge in [0.1, 0.15) is 5.54 Å². The van der Waals surface area contributed by atoms with Gasteiger partial charge in [-0.15, -0.1) is 0 Å². The van der Waals surface area contributed by atoms with Crippen molar-refractivity contribution in [1.82, 2.24) is 20.9 Å². The van der Waals surface area contributed by atoms with Gasteiger partial charge in [-0.25, -0.2) is 0 Å². The number of aliphatic hydroxyl groups is 1. The van der Waals surface area contributed by atoms with Crippen molar-refractivity contribution in [3.05, 3.63) is 125 Å². The first kappa shape index (κ1) is 41.1. The number of aliphatic hydroxyl groups excluding tert-OH is 1. The minimum atomic E-state index is -0.588. The molecule has 58 heavy (non-hydrogen) atoms. The summed E-state index contributed by atoms with van der Waals surface area (Å²) < 4.78 is 13.6. The number of carbonyl (C=O) groups is 3. The predicted molar refractivity (Wildman–Crippen MR) is 224 cm³/mol. The fourth-order valence-electron chi connectivity index (χ4n) is 8.56. The third-order valence-electron chi connectivity index (χ3n) is 12.0. The summed E-state index contributed by atoms with van der Waals surface area (Å²) in [5, 5.41) is 18.6. The van der Waals surface area contributed by atoms with Gasteiger partial charge in [0.15, 0.2) is 6.29 Å². The Bertz CT molecular complexity index is 1980. The Morgan fingerprint density at radius 1 is 0.828 bits per heavy atom. The summed E-state index contributed by atoms with van der Waals surface area (Å²) in [5.41, 5.74) is 6.47. The highest BCUT2D eigenvalue weighted by Gasteiger charge is 2.51. The molecule has 7 rings (SSSR count). The molecule has 0 saturated carbocycles. The van der Waals surface area contributed by atoms with Crippen molar-refractivity contribution in [2.45, 2.75) is 89.6 Å². The molecule has 3 heterocycles. The number of piperidine rings is 1. The molecule has 3 aliphatic rings. The van der Waals surface area contributed by atoms with Crippen LogP contribution in [0.5, 0.6) is 0 Å². The number of hydrogen-bond acceptors (Lipinski definition) is 8. The lowest BCUT2D eigenvalue weighted by atomic mass is 9.84. The Morgan fingerprint density at radius 2 is 1.57 bits per heavy atom. The first-order chi connectivity index (χ1) is 28.2. The topological polar surface area (TPSA) is 132 Å². The number of likely N-dealkylation sites (tertiary alicyclic amines) is 1. The molecule has 1 spiro atoms. The molecule has 3 amide bonds. The lowest BCUT2D eigenvalue weighted by Gasteiger charge is -2.46. The zero-order chi connectivity index (χ0) is 40.5. The van der Waals surface area contributed by atoms with Crippen molar-refractivity contribution in [3.8, 4) is 11.1 Å². The van der Waals surface area contributed by atoms with Crippen LogP contribution in [0, 0.1) is 5.92 Å². The molecule has 3 aliphatic heterocycles. The van der Waals surface area contributed by atoms with E-state index in [2.05, 4.69) is 81.2 Å². The molecule has 0 radical (unpaired) electrons. The van der Waals surface area contributed by atoms with E-state index in [1.807, 2.05) is 54.6 Å². The summed E-state index contributed by atoms with van der Waals surface area (Å²) in [6, 6.07) is 34.7. The third-order valence-corrected chi connectivity index (χ3v) is 12.0. The van der Waals surface area contributed by atoms with Gasteiger partial charge in [0, 0.05) is 63.2 Å². The van der Waals surface area contributed by atoms with Gasteiger partial charge in [-0.05, 0) is 71.7 Å². The predicted octanol–water partition coefficient (Wildman–Crippen LogP) is 6.38. The summed E-state index contributed by atoms with van der Waals surface area (Å²) in [6.45, 7) is 7.58. The number of benzene rings is 4. The highest BCUT2D eigenvalue weighted by Crippen LogP contribution is 2.43. The maximum atomic E-state index is 13.3. The van der Waals surface area contributed by atoms with Gasteiger partial charge in [-0.3, -0.25) is 14.4 Å². The van der Waals surface area contributed by atoms with E-state index in [-0.39, 0.29) is 42.5 Å².